The molecule has 1 amide bonds. The number of benzene rings is 2. The number of nitrogens with zero attached hydrogens (tertiary/aromatic N) is 2. The van der Waals surface area contributed by atoms with Gasteiger partial charge >= 0.3 is 6.18 Å². The zero-order valence-electron chi connectivity index (χ0n) is 24.6. The molecule has 0 radical (unpaired) electrons. The molecule has 1 saturated heterocycles. The number of aromatic amines is 1. The molecule has 0 saturated carbocycles. The summed E-state index contributed by atoms with van der Waals surface area (Å²) >= 11 is 0. The molecule has 0 atom stereocenters. The van der Waals surface area contributed by atoms with Crippen molar-refractivity contribution in [2.24, 2.45) is 16.1 Å². The van der Waals surface area contributed by atoms with Gasteiger partial charge in [0.25, 0.3) is 5.91 Å². The number of methoxy groups -OCH3 is 1. The number of allylic oxidation sites excluding steroid dienone is 1. The van der Waals surface area contributed by atoms with Gasteiger partial charge in [0.1, 0.15) is 11.4 Å². The second-order valence-corrected chi connectivity index (χ2v) is 11.4. The van der Waals surface area contributed by atoms with Crippen LogP contribution in [0.15, 0.2) is 83.1 Å². The number of nitrogens with one attached hydrogen (secondary N) is 1. The number of hydrogen-bond acceptors (Lipinski definition) is 5. The minimum Gasteiger partial charge on any atom is -0.497 e. The second-order valence-electron chi connectivity index (χ2n) is 11.4. The number of nitrogens with two attached hydrogens (primary N) is 1. The molecule has 0 unspecified atom stereocenters. The van der Waals surface area contributed by atoms with Crippen molar-refractivity contribution in [2.45, 2.75) is 52.3 Å². The predicted octanol–water partition coefficient (Wildman–Crippen LogP) is 6.36. The van der Waals surface area contributed by atoms with Gasteiger partial charge in [-0.15, -0.1) is 0 Å². The highest BCUT2D eigenvalue weighted by Gasteiger charge is 2.40. The number of rotatable bonds is 10. The maximum atomic E-state index is 13.3. The Kier molecular flexibility index (Phi) is 9.78. The number of amides is 1. The number of halogens is 3. The van der Waals surface area contributed by atoms with Crippen LogP contribution in [0, 0.1) is 5.41 Å². The molecular weight excluding hydrogens is 557 g/mol. The molecule has 0 aliphatic carbocycles. The summed E-state index contributed by atoms with van der Waals surface area (Å²) in [6.07, 6.45) is -0.296. The average Bonchev–Trinajstić information content (AvgIpc) is 3.52. The number of aliphatic imine (C=N–C) groups is 1. The van der Waals surface area contributed by atoms with Crippen LogP contribution in [-0.4, -0.2) is 47.5 Å². The quantitative estimate of drug-likeness (QED) is 0.211. The number of ketones is 1. The Morgan fingerprint density at radius 2 is 1.70 bits per heavy atom. The van der Waals surface area contributed by atoms with Crippen molar-refractivity contribution in [3.8, 4) is 5.75 Å². The summed E-state index contributed by atoms with van der Waals surface area (Å²) in [4.78, 5) is 36.0. The minimum absolute atomic E-state index is 0.0627. The highest BCUT2D eigenvalue weighted by atomic mass is 19.4. The van der Waals surface area contributed by atoms with E-state index in [4.69, 9.17) is 15.5 Å². The summed E-state index contributed by atoms with van der Waals surface area (Å²) in [6, 6.07) is 16.1. The Labute approximate surface area is 249 Å². The first-order chi connectivity index (χ1) is 20.4. The van der Waals surface area contributed by atoms with Crippen molar-refractivity contribution < 1.29 is 27.5 Å². The average molecular weight is 595 g/mol. The summed E-state index contributed by atoms with van der Waals surface area (Å²) in [7, 11) is 1.62. The first-order valence-electron chi connectivity index (χ1n) is 14.2. The summed E-state index contributed by atoms with van der Waals surface area (Å²) < 4.78 is 44.3. The van der Waals surface area contributed by atoms with Gasteiger partial charge in [0, 0.05) is 35.9 Å². The highest BCUT2D eigenvalue weighted by Crippen LogP contribution is 2.33. The number of hydrogen-bond donors (Lipinski definition) is 2. The van der Waals surface area contributed by atoms with E-state index >= 15 is 0 Å². The molecule has 2 heterocycles. The van der Waals surface area contributed by atoms with E-state index in [1.54, 1.807) is 30.3 Å². The van der Waals surface area contributed by atoms with E-state index in [1.807, 2.05) is 38.1 Å². The van der Waals surface area contributed by atoms with Crippen LogP contribution < -0.4 is 10.5 Å². The molecule has 3 N–H and O–H groups in total. The molecule has 3 aromatic rings. The fraction of sp³-hybridized carbons (Fsp3) is 0.364. The van der Waals surface area contributed by atoms with Gasteiger partial charge in [-0.05, 0) is 66.8 Å². The lowest BCUT2D eigenvalue weighted by molar-refractivity contribution is -0.137. The zero-order valence-corrected chi connectivity index (χ0v) is 24.6. The van der Waals surface area contributed by atoms with Crippen molar-refractivity contribution in [3.63, 3.8) is 0 Å². The standard InChI is InChI=1S/C33H37F3N4O3/c1-32(2)21-40(31(42)27-8-6-18-38-27)20-26(30(32)39-19-23-10-14-24(15-11-23)33(34,35)36)29(37)28(41)9-5-4-7-22-12-16-25(43-3)17-13-22/h6,8,10-18,38H,4-5,7,9,19-21,37H2,1-3H3/b29-26-,39-30?. The third-order valence-electron chi connectivity index (χ3n) is 7.58. The van der Waals surface area contributed by atoms with E-state index in [0.29, 0.717) is 35.5 Å². The number of unbranched alkanes of at least 4 members (excludes halogenated alkanes) is 1. The molecule has 4 rings (SSSR count). The van der Waals surface area contributed by atoms with Gasteiger partial charge in [-0.2, -0.15) is 13.2 Å². The van der Waals surface area contributed by atoms with Crippen LogP contribution in [0.3, 0.4) is 0 Å². The Morgan fingerprint density at radius 1 is 1.02 bits per heavy atom. The Balaban J connectivity index is 1.55. The fourth-order valence-corrected chi connectivity index (χ4v) is 5.26. The number of carbonyl (C=O) groups excluding carboxylic acids is 2. The third-order valence-corrected chi connectivity index (χ3v) is 7.58. The summed E-state index contributed by atoms with van der Waals surface area (Å²) in [5.41, 5.74) is 8.36. The second kappa shape index (κ2) is 13.3. The third kappa shape index (κ3) is 7.94. The van der Waals surface area contributed by atoms with E-state index in [1.165, 1.54) is 12.1 Å². The normalized spacial score (nSPS) is 17.2. The molecule has 7 nitrogen and oxygen atoms in total. The number of aryl methyl sites for hydroxylation is 1. The first kappa shape index (κ1) is 31.6. The number of aromatic nitrogens is 1. The lowest BCUT2D eigenvalue weighted by atomic mass is 9.77. The van der Waals surface area contributed by atoms with Crippen LogP contribution in [0.1, 0.15) is 60.3 Å². The van der Waals surface area contributed by atoms with E-state index < -0.39 is 17.2 Å². The molecule has 43 heavy (non-hydrogen) atoms. The lowest BCUT2D eigenvalue weighted by Crippen LogP contribution is -2.51. The minimum atomic E-state index is -4.43. The predicted molar refractivity (Wildman–Crippen MR) is 160 cm³/mol. The van der Waals surface area contributed by atoms with Gasteiger partial charge in [-0.3, -0.25) is 14.6 Å². The zero-order chi connectivity index (χ0) is 31.2. The maximum Gasteiger partial charge on any atom is 0.416 e. The van der Waals surface area contributed by atoms with Crippen LogP contribution in [0.25, 0.3) is 0 Å². The Morgan fingerprint density at radius 3 is 2.30 bits per heavy atom. The summed E-state index contributed by atoms with van der Waals surface area (Å²) in [5, 5.41) is 0. The van der Waals surface area contributed by atoms with E-state index in [2.05, 4.69) is 4.98 Å². The Bertz CT molecular complexity index is 1470. The van der Waals surface area contributed by atoms with Crippen molar-refractivity contribution >= 4 is 17.4 Å². The molecule has 228 valence electrons. The fourth-order valence-electron chi connectivity index (χ4n) is 5.26. The van der Waals surface area contributed by atoms with Gasteiger partial charge in [0.15, 0.2) is 5.78 Å². The van der Waals surface area contributed by atoms with Crippen molar-refractivity contribution in [2.75, 3.05) is 20.2 Å². The number of alkyl halides is 3. The van der Waals surface area contributed by atoms with Crippen LogP contribution in [0.5, 0.6) is 5.75 Å². The summed E-state index contributed by atoms with van der Waals surface area (Å²) in [5.74, 6) is 0.336. The van der Waals surface area contributed by atoms with Gasteiger partial charge in [-0.25, -0.2) is 0 Å². The van der Waals surface area contributed by atoms with Crippen LogP contribution in [0.4, 0.5) is 13.2 Å². The molecule has 0 spiro atoms. The maximum absolute atomic E-state index is 13.3. The summed E-state index contributed by atoms with van der Waals surface area (Å²) in [6.45, 7) is 4.35. The van der Waals surface area contributed by atoms with E-state index in [-0.39, 0.29) is 36.9 Å². The van der Waals surface area contributed by atoms with Gasteiger partial charge in [-0.1, -0.05) is 38.1 Å². The molecule has 1 aromatic heterocycles. The topological polar surface area (TPSA) is 101 Å². The Hall–Kier alpha value is -4.34. The van der Waals surface area contributed by atoms with Crippen LogP contribution >= 0.6 is 0 Å². The lowest BCUT2D eigenvalue weighted by Gasteiger charge is -2.41. The van der Waals surface area contributed by atoms with E-state index in [9.17, 15) is 22.8 Å². The van der Waals surface area contributed by atoms with Crippen molar-refractivity contribution in [1.29, 1.82) is 0 Å². The smallest absolute Gasteiger partial charge is 0.416 e. The van der Waals surface area contributed by atoms with Crippen molar-refractivity contribution in [1.82, 2.24) is 9.88 Å². The highest BCUT2D eigenvalue weighted by molar-refractivity contribution is 6.12. The SMILES string of the molecule is COc1ccc(CCCCC(=O)/C(N)=C2\CN(C(=O)c3ccc[nH]3)CC(C)(C)C2=NCc2ccc(C(F)(F)F)cc2)cc1. The molecule has 0 bridgehead atoms. The number of piperidine rings is 1. The number of H-pyrrole nitrogens is 1. The first-order valence-corrected chi connectivity index (χ1v) is 14.2. The molecule has 2 aromatic carbocycles. The van der Waals surface area contributed by atoms with Crippen molar-refractivity contribution in [3.05, 3.63) is 101 Å². The monoisotopic (exact) mass is 594 g/mol. The number of ether oxygens (including phenoxy) is 1. The van der Waals surface area contributed by atoms with Gasteiger partial charge < -0.3 is 20.4 Å². The van der Waals surface area contributed by atoms with Gasteiger partial charge in [0.2, 0.25) is 0 Å². The van der Waals surface area contributed by atoms with Crippen LogP contribution in [-0.2, 0) is 23.9 Å². The molecular formula is C33H37F3N4O3. The number of likely N-dealkylation sites (tertiary alicyclic amines) is 1. The molecule has 1 fully saturated rings. The molecule has 10 heteroatoms. The molecule has 1 aliphatic rings. The number of carbonyl (C=O) groups is 2. The molecule has 1 aliphatic heterocycles. The van der Waals surface area contributed by atoms with E-state index in [0.717, 1.165) is 36.3 Å². The number of Topliss-reactive ketones (excluding diaryl/α,β-unsaturated/α-hetero) is 1. The van der Waals surface area contributed by atoms with Gasteiger partial charge in [0.05, 0.1) is 31.5 Å². The largest absolute Gasteiger partial charge is 0.497 e. The van der Waals surface area contributed by atoms with Crippen LogP contribution in [0.2, 0.25) is 0 Å².